The normalized spacial score (nSPS) is 40.3. The van der Waals surface area contributed by atoms with Gasteiger partial charge in [-0.05, 0) is 13.8 Å². The zero-order valence-corrected chi connectivity index (χ0v) is 11.5. The topological polar surface area (TPSA) is 94.5 Å². The maximum Gasteiger partial charge on any atom is 0.303 e. The minimum absolute atomic E-state index is 0.155. The van der Waals surface area contributed by atoms with E-state index in [1.54, 1.807) is 20.8 Å². The Balaban J connectivity index is 2.30. The Hall–Kier alpha value is -0.730. The smallest absolute Gasteiger partial charge is 0.303 e. The van der Waals surface area contributed by atoms with Gasteiger partial charge in [0.25, 0.3) is 11.6 Å². The molecule has 0 aromatic carbocycles. The first-order valence-corrected chi connectivity index (χ1v) is 6.20. The molecule has 2 aliphatic heterocycles. The predicted molar refractivity (Wildman–Crippen MR) is 61.7 cm³/mol. The first kappa shape index (κ1) is 14.7. The van der Waals surface area contributed by atoms with Crippen LogP contribution in [0.25, 0.3) is 0 Å². The summed E-state index contributed by atoms with van der Waals surface area (Å²) < 4.78 is 21.3. The van der Waals surface area contributed by atoms with Gasteiger partial charge >= 0.3 is 5.97 Å². The summed E-state index contributed by atoms with van der Waals surface area (Å²) in [4.78, 5) is 11.1. The molecule has 2 N–H and O–H groups in total. The van der Waals surface area contributed by atoms with Gasteiger partial charge in [0.15, 0.2) is 11.9 Å². The summed E-state index contributed by atoms with van der Waals surface area (Å²) in [6, 6.07) is 0. The average Bonchev–Trinajstić information content (AvgIpc) is 2.58. The fourth-order valence-corrected chi connectivity index (χ4v) is 2.43. The first-order valence-electron chi connectivity index (χ1n) is 6.20. The average molecular weight is 276 g/mol. The zero-order chi connectivity index (χ0) is 14.5. The minimum Gasteiger partial charge on any atom is -0.456 e. The van der Waals surface area contributed by atoms with E-state index in [4.69, 9.17) is 18.9 Å². The Bertz CT molecular complexity index is 378. The summed E-state index contributed by atoms with van der Waals surface area (Å²) >= 11 is 0. The van der Waals surface area contributed by atoms with Crippen molar-refractivity contribution in [3.05, 3.63) is 0 Å². The molecular weight excluding hydrogens is 256 g/mol. The van der Waals surface area contributed by atoms with E-state index < -0.39 is 29.4 Å². The summed E-state index contributed by atoms with van der Waals surface area (Å²) in [6.45, 7) is 6.20. The van der Waals surface area contributed by atoms with Crippen LogP contribution in [0.15, 0.2) is 0 Å². The van der Waals surface area contributed by atoms with Crippen LogP contribution in [0.4, 0.5) is 0 Å². The summed E-state index contributed by atoms with van der Waals surface area (Å²) in [6.07, 6.45) is -1.14. The van der Waals surface area contributed by atoms with Gasteiger partial charge in [-0.3, -0.25) is 4.79 Å². The van der Waals surface area contributed by atoms with Crippen LogP contribution in [-0.2, 0) is 23.7 Å². The molecule has 0 amide bonds. The van der Waals surface area contributed by atoms with E-state index in [-0.39, 0.29) is 19.1 Å². The number of ether oxygens (including phenoxy) is 4. The van der Waals surface area contributed by atoms with Crippen LogP contribution in [0.2, 0.25) is 0 Å². The maximum atomic E-state index is 11.1. The molecule has 0 aromatic rings. The highest BCUT2D eigenvalue weighted by molar-refractivity contribution is 5.66. The van der Waals surface area contributed by atoms with Crippen molar-refractivity contribution >= 4 is 5.97 Å². The van der Waals surface area contributed by atoms with Gasteiger partial charge in [-0.15, -0.1) is 0 Å². The molecule has 7 heteroatoms. The van der Waals surface area contributed by atoms with Crippen LogP contribution < -0.4 is 0 Å². The fourth-order valence-electron chi connectivity index (χ4n) is 2.43. The monoisotopic (exact) mass is 276 g/mol. The maximum absolute atomic E-state index is 11.1. The lowest BCUT2D eigenvalue weighted by molar-refractivity contribution is -0.432. The molecule has 2 saturated heterocycles. The SMILES string of the molecule is CC(=O)O[C@@H]1[C@H](C)CO[C@]2(COC(C)(C)O2)C1(O)O. The molecule has 2 fully saturated rings. The van der Waals surface area contributed by atoms with Gasteiger partial charge < -0.3 is 29.2 Å². The molecule has 1 spiro atoms. The first-order chi connectivity index (χ1) is 8.60. The van der Waals surface area contributed by atoms with Crippen LogP contribution in [0.5, 0.6) is 0 Å². The Morgan fingerprint density at radius 2 is 1.95 bits per heavy atom. The number of hydrogen-bond donors (Lipinski definition) is 2. The number of aliphatic hydroxyl groups is 2. The molecule has 19 heavy (non-hydrogen) atoms. The van der Waals surface area contributed by atoms with Crippen molar-refractivity contribution in [2.24, 2.45) is 5.92 Å². The molecular formula is C12H20O7. The molecule has 2 heterocycles. The number of hydrogen-bond acceptors (Lipinski definition) is 7. The van der Waals surface area contributed by atoms with Gasteiger partial charge in [0, 0.05) is 12.8 Å². The van der Waals surface area contributed by atoms with Gasteiger partial charge in [0.05, 0.1) is 6.61 Å². The summed E-state index contributed by atoms with van der Waals surface area (Å²) in [5.41, 5.74) is 0. The fraction of sp³-hybridized carbons (Fsp3) is 0.917. The Labute approximate surface area is 111 Å². The van der Waals surface area contributed by atoms with Crippen LogP contribution in [-0.4, -0.2) is 52.9 Å². The largest absolute Gasteiger partial charge is 0.456 e. The lowest BCUT2D eigenvalue weighted by Gasteiger charge is -2.48. The molecule has 0 aliphatic carbocycles. The van der Waals surface area contributed by atoms with Crippen molar-refractivity contribution in [1.29, 1.82) is 0 Å². The molecule has 0 bridgehead atoms. The summed E-state index contributed by atoms with van der Waals surface area (Å²) in [5, 5.41) is 20.8. The van der Waals surface area contributed by atoms with Crippen LogP contribution in [0.3, 0.4) is 0 Å². The van der Waals surface area contributed by atoms with E-state index in [0.717, 1.165) is 0 Å². The molecule has 0 aromatic heterocycles. The second-order valence-electron chi connectivity index (χ2n) is 5.59. The lowest BCUT2D eigenvalue weighted by atomic mass is 9.88. The predicted octanol–water partition coefficient (Wildman–Crippen LogP) is -0.256. The molecule has 2 aliphatic rings. The van der Waals surface area contributed by atoms with Gasteiger partial charge in [0.1, 0.15) is 6.61 Å². The second kappa shape index (κ2) is 4.39. The minimum atomic E-state index is -2.48. The van der Waals surface area contributed by atoms with Crippen LogP contribution >= 0.6 is 0 Å². The molecule has 0 unspecified atom stereocenters. The lowest BCUT2D eigenvalue weighted by Crippen LogP contribution is -2.70. The molecule has 0 radical (unpaired) electrons. The van der Waals surface area contributed by atoms with E-state index in [0.29, 0.717) is 0 Å². The zero-order valence-electron chi connectivity index (χ0n) is 11.5. The Kier molecular flexibility index (Phi) is 3.39. The molecule has 2 rings (SSSR count). The molecule has 110 valence electrons. The van der Waals surface area contributed by atoms with E-state index in [9.17, 15) is 15.0 Å². The third-order valence-electron chi connectivity index (χ3n) is 3.37. The van der Waals surface area contributed by atoms with Gasteiger partial charge in [-0.1, -0.05) is 6.92 Å². The van der Waals surface area contributed by atoms with Crippen molar-refractivity contribution in [2.75, 3.05) is 13.2 Å². The third kappa shape index (κ3) is 2.36. The number of rotatable bonds is 1. The van der Waals surface area contributed by atoms with Crippen LogP contribution in [0.1, 0.15) is 27.7 Å². The number of carbonyl (C=O) groups excluding carboxylic acids is 1. The van der Waals surface area contributed by atoms with Crippen molar-refractivity contribution < 1.29 is 34.0 Å². The van der Waals surface area contributed by atoms with Crippen molar-refractivity contribution in [2.45, 2.75) is 51.2 Å². The standard InChI is InChI=1S/C12H20O7/c1-7-5-16-11(6-17-10(3,4)19-11)12(14,15)9(7)18-8(2)13/h7,9,14-15H,5-6H2,1-4H3/t7-,9-,11+/m1/s1. The Morgan fingerprint density at radius 1 is 1.32 bits per heavy atom. The quantitative estimate of drug-likeness (QED) is 0.503. The molecule has 3 atom stereocenters. The highest BCUT2D eigenvalue weighted by Gasteiger charge is 2.67. The number of carbonyl (C=O) groups is 1. The Morgan fingerprint density at radius 3 is 2.42 bits per heavy atom. The third-order valence-corrected chi connectivity index (χ3v) is 3.37. The number of esters is 1. The summed E-state index contributed by atoms with van der Waals surface area (Å²) in [7, 11) is 0. The molecule has 7 nitrogen and oxygen atoms in total. The van der Waals surface area contributed by atoms with Crippen LogP contribution in [0, 0.1) is 5.92 Å². The van der Waals surface area contributed by atoms with E-state index in [1.165, 1.54) is 6.92 Å². The van der Waals surface area contributed by atoms with E-state index in [2.05, 4.69) is 0 Å². The highest BCUT2D eigenvalue weighted by Crippen LogP contribution is 2.45. The van der Waals surface area contributed by atoms with E-state index >= 15 is 0 Å². The van der Waals surface area contributed by atoms with Crippen molar-refractivity contribution in [3.63, 3.8) is 0 Å². The summed E-state index contributed by atoms with van der Waals surface area (Å²) in [5.74, 6) is -6.21. The van der Waals surface area contributed by atoms with Crippen molar-refractivity contribution in [3.8, 4) is 0 Å². The van der Waals surface area contributed by atoms with E-state index in [1.807, 2.05) is 0 Å². The highest BCUT2D eigenvalue weighted by atomic mass is 16.9. The molecule has 0 saturated carbocycles. The van der Waals surface area contributed by atoms with Gasteiger partial charge in [-0.25, -0.2) is 0 Å². The van der Waals surface area contributed by atoms with Gasteiger partial charge in [-0.2, -0.15) is 0 Å². The van der Waals surface area contributed by atoms with Gasteiger partial charge in [0.2, 0.25) is 0 Å². The van der Waals surface area contributed by atoms with Crippen molar-refractivity contribution in [1.82, 2.24) is 0 Å². The second-order valence-corrected chi connectivity index (χ2v) is 5.59.